The summed E-state index contributed by atoms with van der Waals surface area (Å²) in [4.78, 5) is 31.3. The smallest absolute Gasteiger partial charge is 0.243 e. The minimum absolute atomic E-state index is 0.0293. The number of likely N-dealkylation sites (N-methyl/N-ethyl adjacent to an activating group) is 1. The molecule has 30 heavy (non-hydrogen) atoms. The fraction of sp³-hybridized carbons (Fsp3) is 0.417. The van der Waals surface area contributed by atoms with Gasteiger partial charge in [0.05, 0.1) is 12.6 Å². The van der Waals surface area contributed by atoms with Crippen LogP contribution >= 0.6 is 0 Å². The predicted molar refractivity (Wildman–Crippen MR) is 122 cm³/mol. The van der Waals surface area contributed by atoms with E-state index >= 15 is 0 Å². The Morgan fingerprint density at radius 2 is 1.63 bits per heavy atom. The molecule has 0 radical (unpaired) electrons. The van der Waals surface area contributed by atoms with E-state index in [1.165, 1.54) is 16.2 Å². The van der Waals surface area contributed by atoms with Gasteiger partial charge in [0.1, 0.15) is 0 Å². The van der Waals surface area contributed by atoms with Crippen molar-refractivity contribution >= 4 is 23.2 Å². The van der Waals surface area contributed by atoms with Crippen molar-refractivity contribution in [1.29, 1.82) is 0 Å². The van der Waals surface area contributed by atoms with Gasteiger partial charge in [-0.1, -0.05) is 35.9 Å². The highest BCUT2D eigenvalue weighted by molar-refractivity contribution is 5.95. The molecule has 2 aromatic rings. The van der Waals surface area contributed by atoms with Gasteiger partial charge >= 0.3 is 0 Å². The SMILES string of the molecule is Cc1ccc(NC(=O)CN(C)C(=O)[C@@H](C)N2CCN(c3ccccc3C)CC2)cc1. The van der Waals surface area contributed by atoms with Gasteiger partial charge in [0.25, 0.3) is 0 Å². The Balaban J connectivity index is 1.49. The van der Waals surface area contributed by atoms with Crippen LogP contribution in [0.5, 0.6) is 0 Å². The molecule has 1 N–H and O–H groups in total. The number of carbonyl (C=O) groups excluding carboxylic acids is 2. The fourth-order valence-corrected chi connectivity index (χ4v) is 3.87. The first-order chi connectivity index (χ1) is 14.3. The third-order valence-electron chi connectivity index (χ3n) is 5.77. The van der Waals surface area contributed by atoms with Gasteiger partial charge in [-0.05, 0) is 44.5 Å². The minimum atomic E-state index is -0.249. The molecule has 6 heteroatoms. The van der Waals surface area contributed by atoms with Gasteiger partial charge in [0, 0.05) is 44.6 Å². The number of hydrogen-bond acceptors (Lipinski definition) is 4. The average molecular weight is 409 g/mol. The maximum atomic E-state index is 12.9. The molecule has 0 unspecified atom stereocenters. The standard InChI is InChI=1S/C24H32N4O2/c1-18-9-11-21(12-10-18)25-23(29)17-26(4)24(30)20(3)27-13-15-28(16-14-27)22-8-6-5-7-19(22)2/h5-12,20H,13-17H2,1-4H3,(H,25,29)/t20-/m1/s1. The van der Waals surface area contributed by atoms with Crippen LogP contribution in [-0.2, 0) is 9.59 Å². The second kappa shape index (κ2) is 9.76. The maximum absolute atomic E-state index is 12.9. The summed E-state index contributed by atoms with van der Waals surface area (Å²) in [5, 5.41) is 2.85. The van der Waals surface area contributed by atoms with Crippen LogP contribution in [-0.4, -0.2) is 67.4 Å². The molecule has 2 aromatic carbocycles. The van der Waals surface area contributed by atoms with Gasteiger partial charge in [0.2, 0.25) is 11.8 Å². The molecule has 1 aliphatic heterocycles. The van der Waals surface area contributed by atoms with Crippen molar-refractivity contribution in [1.82, 2.24) is 9.80 Å². The second-order valence-corrected chi connectivity index (χ2v) is 8.09. The highest BCUT2D eigenvalue weighted by atomic mass is 16.2. The van der Waals surface area contributed by atoms with E-state index in [9.17, 15) is 9.59 Å². The van der Waals surface area contributed by atoms with E-state index < -0.39 is 0 Å². The van der Waals surface area contributed by atoms with Crippen LogP contribution < -0.4 is 10.2 Å². The van der Waals surface area contributed by atoms with Crippen molar-refractivity contribution < 1.29 is 9.59 Å². The Morgan fingerprint density at radius 1 is 1.00 bits per heavy atom. The molecule has 0 aromatic heterocycles. The molecular weight excluding hydrogens is 376 g/mol. The van der Waals surface area contributed by atoms with Gasteiger partial charge < -0.3 is 15.1 Å². The number of benzene rings is 2. The number of nitrogens with zero attached hydrogens (tertiary/aromatic N) is 3. The zero-order chi connectivity index (χ0) is 21.7. The third kappa shape index (κ3) is 5.39. The number of anilines is 2. The van der Waals surface area contributed by atoms with E-state index in [2.05, 4.69) is 46.3 Å². The van der Waals surface area contributed by atoms with Crippen molar-refractivity contribution in [2.75, 3.05) is 50.0 Å². The van der Waals surface area contributed by atoms with Gasteiger partial charge in [-0.25, -0.2) is 0 Å². The van der Waals surface area contributed by atoms with Crippen LogP contribution in [0.1, 0.15) is 18.1 Å². The molecular formula is C24H32N4O2. The van der Waals surface area contributed by atoms with Crippen LogP contribution in [0.3, 0.4) is 0 Å². The van der Waals surface area contributed by atoms with E-state index in [-0.39, 0.29) is 24.4 Å². The van der Waals surface area contributed by atoms with E-state index in [1.54, 1.807) is 7.05 Å². The largest absolute Gasteiger partial charge is 0.369 e. The normalized spacial score (nSPS) is 15.5. The molecule has 0 bridgehead atoms. The molecule has 0 aliphatic carbocycles. The van der Waals surface area contributed by atoms with Crippen LogP contribution in [0.2, 0.25) is 0 Å². The lowest BCUT2D eigenvalue weighted by molar-refractivity contribution is -0.137. The van der Waals surface area contributed by atoms with Gasteiger partial charge in [0.15, 0.2) is 0 Å². The predicted octanol–water partition coefficient (Wildman–Crippen LogP) is 2.91. The number of carbonyl (C=O) groups is 2. The molecule has 1 heterocycles. The van der Waals surface area contributed by atoms with E-state index in [0.717, 1.165) is 37.4 Å². The lowest BCUT2D eigenvalue weighted by Gasteiger charge is -2.39. The summed E-state index contributed by atoms with van der Waals surface area (Å²) in [6.07, 6.45) is 0. The summed E-state index contributed by atoms with van der Waals surface area (Å²) in [5.41, 5.74) is 4.42. The zero-order valence-electron chi connectivity index (χ0n) is 18.4. The number of rotatable bonds is 6. The summed E-state index contributed by atoms with van der Waals surface area (Å²) in [6, 6.07) is 15.8. The van der Waals surface area contributed by atoms with Crippen molar-refractivity contribution in [3.63, 3.8) is 0 Å². The summed E-state index contributed by atoms with van der Waals surface area (Å²) < 4.78 is 0. The third-order valence-corrected chi connectivity index (χ3v) is 5.77. The molecule has 3 rings (SSSR count). The zero-order valence-corrected chi connectivity index (χ0v) is 18.4. The highest BCUT2D eigenvalue weighted by Crippen LogP contribution is 2.21. The first-order valence-electron chi connectivity index (χ1n) is 10.5. The molecule has 0 spiro atoms. The summed E-state index contributed by atoms with van der Waals surface area (Å²) in [6.45, 7) is 9.53. The lowest BCUT2D eigenvalue weighted by Crippen LogP contribution is -2.54. The van der Waals surface area contributed by atoms with Crippen LogP contribution in [0.15, 0.2) is 48.5 Å². The molecule has 1 saturated heterocycles. The number of aryl methyl sites for hydroxylation is 2. The van der Waals surface area contributed by atoms with Crippen molar-refractivity contribution in [2.24, 2.45) is 0 Å². The van der Waals surface area contributed by atoms with Gasteiger partial charge in [-0.2, -0.15) is 0 Å². The summed E-state index contributed by atoms with van der Waals surface area (Å²) in [7, 11) is 1.69. The van der Waals surface area contributed by atoms with Crippen LogP contribution in [0.25, 0.3) is 0 Å². The van der Waals surface area contributed by atoms with Crippen LogP contribution in [0, 0.1) is 13.8 Å². The summed E-state index contributed by atoms with van der Waals surface area (Å²) in [5.74, 6) is -0.218. The number of amides is 2. The first-order valence-corrected chi connectivity index (χ1v) is 10.5. The molecule has 1 atom stereocenters. The van der Waals surface area contributed by atoms with Gasteiger partial charge in [-0.15, -0.1) is 0 Å². The second-order valence-electron chi connectivity index (χ2n) is 8.09. The average Bonchev–Trinajstić information content (AvgIpc) is 2.74. The first kappa shape index (κ1) is 21.8. The topological polar surface area (TPSA) is 55.9 Å². The van der Waals surface area contributed by atoms with Crippen molar-refractivity contribution in [2.45, 2.75) is 26.8 Å². The maximum Gasteiger partial charge on any atom is 0.243 e. The highest BCUT2D eigenvalue weighted by Gasteiger charge is 2.28. The van der Waals surface area contributed by atoms with Gasteiger partial charge in [-0.3, -0.25) is 14.5 Å². The number of hydrogen-bond donors (Lipinski definition) is 1. The Labute approximate surface area is 179 Å². The molecule has 2 amide bonds. The Bertz CT molecular complexity index is 873. The van der Waals surface area contributed by atoms with E-state index in [0.29, 0.717) is 0 Å². The van der Waals surface area contributed by atoms with Crippen LogP contribution in [0.4, 0.5) is 11.4 Å². The molecule has 6 nitrogen and oxygen atoms in total. The van der Waals surface area contributed by atoms with Crippen molar-refractivity contribution in [3.05, 3.63) is 59.7 Å². The van der Waals surface area contributed by atoms with E-state index in [1.807, 2.05) is 38.1 Å². The molecule has 1 fully saturated rings. The molecule has 160 valence electrons. The monoisotopic (exact) mass is 408 g/mol. The lowest BCUT2D eigenvalue weighted by atomic mass is 10.1. The Kier molecular flexibility index (Phi) is 7.11. The quantitative estimate of drug-likeness (QED) is 0.799. The van der Waals surface area contributed by atoms with E-state index in [4.69, 9.17) is 0 Å². The number of piperazine rings is 1. The Morgan fingerprint density at radius 3 is 2.27 bits per heavy atom. The van der Waals surface area contributed by atoms with Crippen molar-refractivity contribution in [3.8, 4) is 0 Å². The number of para-hydroxylation sites is 1. The minimum Gasteiger partial charge on any atom is -0.369 e. The Hall–Kier alpha value is -2.86. The molecule has 1 aliphatic rings. The molecule has 0 saturated carbocycles. The number of nitrogens with one attached hydrogen (secondary N) is 1. The summed E-state index contributed by atoms with van der Waals surface area (Å²) >= 11 is 0. The fourth-order valence-electron chi connectivity index (χ4n) is 3.87.